The van der Waals surface area contributed by atoms with E-state index in [1.807, 2.05) is 0 Å². The zero-order chi connectivity index (χ0) is 24.8. The van der Waals surface area contributed by atoms with Crippen LogP contribution in [0.15, 0.2) is 30.5 Å². The molecule has 1 aromatic carbocycles. The van der Waals surface area contributed by atoms with Gasteiger partial charge in [-0.15, -0.1) is 0 Å². The lowest BCUT2D eigenvalue weighted by Crippen LogP contribution is -2.52. The molecule has 8 nitrogen and oxygen atoms in total. The first-order valence-corrected chi connectivity index (χ1v) is 10.3. The largest absolute Gasteiger partial charge is 0.414 e. The maximum absolute atomic E-state index is 13.6. The van der Waals surface area contributed by atoms with Crippen molar-refractivity contribution in [2.24, 2.45) is 0 Å². The number of hydrogen-bond acceptors (Lipinski definition) is 5. The van der Waals surface area contributed by atoms with Gasteiger partial charge < -0.3 is 10.2 Å². The predicted octanol–water partition coefficient (Wildman–Crippen LogP) is 2.67. The maximum atomic E-state index is 13.6. The third-order valence-electron chi connectivity index (χ3n) is 5.50. The summed E-state index contributed by atoms with van der Waals surface area (Å²) in [5.74, 6) is -3.62. The van der Waals surface area contributed by atoms with Gasteiger partial charge in [0.05, 0.1) is 16.9 Å². The fraction of sp³-hybridized carbons (Fsp3) is 0.286. The van der Waals surface area contributed by atoms with Gasteiger partial charge in [0.1, 0.15) is 11.9 Å². The van der Waals surface area contributed by atoms with Gasteiger partial charge in [-0.1, -0.05) is 11.6 Å². The smallest absolute Gasteiger partial charge is 0.335 e. The van der Waals surface area contributed by atoms with Gasteiger partial charge in [-0.3, -0.25) is 29.5 Å². The van der Waals surface area contributed by atoms with E-state index in [-0.39, 0.29) is 30.5 Å². The number of imide groups is 1. The number of amides is 4. The Morgan fingerprint density at radius 2 is 1.97 bits per heavy atom. The molecule has 0 unspecified atom stereocenters. The molecule has 1 aromatic heterocycles. The number of pyridine rings is 1. The van der Waals surface area contributed by atoms with Crippen LogP contribution in [0, 0.1) is 5.82 Å². The predicted molar refractivity (Wildman–Crippen MR) is 108 cm³/mol. The molecule has 178 valence electrons. The SMILES string of the molecule is O=C1CC[C@@H](N2Cc3cc(C(=O)N[C@H](c4ncc(F)cc4Cl)C(F)(F)F)ccc3C2=O)C(=O)N1. The van der Waals surface area contributed by atoms with Crippen LogP contribution < -0.4 is 10.6 Å². The Kier molecular flexibility index (Phi) is 6.02. The maximum Gasteiger partial charge on any atom is 0.414 e. The molecule has 0 bridgehead atoms. The molecule has 1 saturated heterocycles. The van der Waals surface area contributed by atoms with Crippen molar-refractivity contribution in [3.05, 3.63) is 63.7 Å². The molecule has 0 saturated carbocycles. The van der Waals surface area contributed by atoms with Crippen LogP contribution in [0.5, 0.6) is 0 Å². The van der Waals surface area contributed by atoms with E-state index in [0.717, 1.165) is 0 Å². The van der Waals surface area contributed by atoms with Gasteiger partial charge in [0.25, 0.3) is 11.8 Å². The average Bonchev–Trinajstić information content (AvgIpc) is 3.07. The molecular formula is C21H15ClF4N4O4. The summed E-state index contributed by atoms with van der Waals surface area (Å²) in [5, 5.41) is 3.36. The minimum Gasteiger partial charge on any atom is -0.335 e. The highest BCUT2D eigenvalue weighted by molar-refractivity contribution is 6.31. The monoisotopic (exact) mass is 498 g/mol. The highest BCUT2D eigenvalue weighted by atomic mass is 35.5. The van der Waals surface area contributed by atoms with Crippen LogP contribution in [0.4, 0.5) is 17.6 Å². The van der Waals surface area contributed by atoms with Crippen LogP contribution in [-0.4, -0.2) is 45.7 Å². The number of carbonyl (C=O) groups is 4. The first-order chi connectivity index (χ1) is 16.0. The molecule has 2 aliphatic rings. The lowest BCUT2D eigenvalue weighted by molar-refractivity contribution is -0.156. The van der Waals surface area contributed by atoms with Crippen molar-refractivity contribution in [2.75, 3.05) is 0 Å². The van der Waals surface area contributed by atoms with Gasteiger partial charge in [0.15, 0.2) is 6.04 Å². The molecule has 3 heterocycles. The lowest BCUT2D eigenvalue weighted by atomic mass is 10.0. The van der Waals surface area contributed by atoms with Crippen LogP contribution in [0.25, 0.3) is 0 Å². The fourth-order valence-corrected chi connectivity index (χ4v) is 4.14. The zero-order valence-corrected chi connectivity index (χ0v) is 17.8. The number of piperidine rings is 1. The van der Waals surface area contributed by atoms with E-state index >= 15 is 0 Å². The molecule has 34 heavy (non-hydrogen) atoms. The Labute approximate surface area is 194 Å². The topological polar surface area (TPSA) is 108 Å². The molecule has 2 aliphatic heterocycles. The van der Waals surface area contributed by atoms with Gasteiger partial charge in [-0.25, -0.2) is 4.39 Å². The van der Waals surface area contributed by atoms with Gasteiger partial charge in [-0.05, 0) is 36.2 Å². The number of nitrogens with one attached hydrogen (secondary N) is 2. The average molecular weight is 499 g/mol. The second-order valence-electron chi connectivity index (χ2n) is 7.74. The van der Waals surface area contributed by atoms with E-state index in [1.54, 1.807) is 5.32 Å². The van der Waals surface area contributed by atoms with Crippen molar-refractivity contribution in [1.82, 2.24) is 20.5 Å². The lowest BCUT2D eigenvalue weighted by Gasteiger charge is -2.29. The van der Waals surface area contributed by atoms with Gasteiger partial charge in [-0.2, -0.15) is 13.2 Å². The van der Waals surface area contributed by atoms with Crippen molar-refractivity contribution in [3.63, 3.8) is 0 Å². The van der Waals surface area contributed by atoms with Crippen LogP contribution in [0.3, 0.4) is 0 Å². The summed E-state index contributed by atoms with van der Waals surface area (Å²) in [5.41, 5.74) is -0.422. The molecule has 1 fully saturated rings. The molecule has 2 N–H and O–H groups in total. The van der Waals surface area contributed by atoms with Crippen molar-refractivity contribution in [2.45, 2.75) is 37.6 Å². The molecule has 13 heteroatoms. The van der Waals surface area contributed by atoms with E-state index in [0.29, 0.717) is 17.8 Å². The Balaban J connectivity index is 1.56. The highest BCUT2D eigenvalue weighted by Crippen LogP contribution is 2.35. The number of rotatable bonds is 4. The van der Waals surface area contributed by atoms with Crippen molar-refractivity contribution >= 4 is 35.2 Å². The quantitative estimate of drug-likeness (QED) is 0.498. The number of halogens is 5. The van der Waals surface area contributed by atoms with Crippen LogP contribution >= 0.6 is 11.6 Å². The summed E-state index contributed by atoms with van der Waals surface area (Å²) in [7, 11) is 0. The summed E-state index contributed by atoms with van der Waals surface area (Å²) in [4.78, 5) is 53.5. The van der Waals surface area contributed by atoms with Crippen molar-refractivity contribution in [3.8, 4) is 0 Å². The number of hydrogen-bond donors (Lipinski definition) is 2. The summed E-state index contributed by atoms with van der Waals surface area (Å²) < 4.78 is 54.1. The molecule has 2 atom stereocenters. The first-order valence-electron chi connectivity index (χ1n) is 9.92. The van der Waals surface area contributed by atoms with E-state index in [1.165, 1.54) is 23.1 Å². The molecule has 4 amide bonds. The second-order valence-corrected chi connectivity index (χ2v) is 8.15. The van der Waals surface area contributed by atoms with Crippen LogP contribution in [0.1, 0.15) is 50.9 Å². The van der Waals surface area contributed by atoms with Crippen molar-refractivity contribution < 1.29 is 36.7 Å². The first kappa shape index (κ1) is 23.6. The minimum atomic E-state index is -4.99. The van der Waals surface area contributed by atoms with E-state index in [2.05, 4.69) is 10.3 Å². The zero-order valence-electron chi connectivity index (χ0n) is 17.1. The van der Waals surface area contributed by atoms with Gasteiger partial charge in [0.2, 0.25) is 11.8 Å². The summed E-state index contributed by atoms with van der Waals surface area (Å²) in [6.45, 7) is -0.0599. The van der Waals surface area contributed by atoms with Crippen molar-refractivity contribution in [1.29, 1.82) is 0 Å². The number of fused-ring (bicyclic) bond motifs is 1. The van der Waals surface area contributed by atoms with Gasteiger partial charge in [0, 0.05) is 24.1 Å². The molecule has 0 aliphatic carbocycles. The molecule has 4 rings (SSSR count). The minimum absolute atomic E-state index is 0.0585. The number of alkyl halides is 3. The Morgan fingerprint density at radius 3 is 2.62 bits per heavy atom. The normalized spacial score (nSPS) is 19.0. The number of nitrogens with zero attached hydrogens (tertiary/aromatic N) is 2. The number of aromatic nitrogens is 1. The standard InChI is InChI=1S/C21H15ClF4N4O4/c22-13-6-11(23)7-27-16(13)17(21(24,25)26)29-18(32)9-1-2-12-10(5-9)8-30(20(12)34)14-3-4-15(31)28-19(14)33/h1-2,5-7,14,17H,3-4,8H2,(H,29,32)(H,28,31,33)/t14-,17-/m1/s1. The van der Waals surface area contributed by atoms with E-state index in [9.17, 15) is 36.7 Å². The van der Waals surface area contributed by atoms with E-state index in [4.69, 9.17) is 11.6 Å². The van der Waals surface area contributed by atoms with Crippen LogP contribution in [-0.2, 0) is 16.1 Å². The highest BCUT2D eigenvalue weighted by Gasteiger charge is 2.44. The Hall–Kier alpha value is -3.54. The molecule has 0 radical (unpaired) electrons. The summed E-state index contributed by atoms with van der Waals surface area (Å²) >= 11 is 5.71. The molecular weight excluding hydrogens is 484 g/mol. The third-order valence-corrected chi connectivity index (χ3v) is 5.80. The second kappa shape index (κ2) is 8.67. The van der Waals surface area contributed by atoms with Crippen LogP contribution in [0.2, 0.25) is 5.02 Å². The third kappa shape index (κ3) is 4.45. The van der Waals surface area contributed by atoms with E-state index < -0.39 is 58.4 Å². The Bertz CT molecular complexity index is 1220. The fourth-order valence-electron chi connectivity index (χ4n) is 3.87. The molecule has 0 spiro atoms. The number of benzene rings is 1. The Morgan fingerprint density at radius 1 is 1.24 bits per heavy atom. The van der Waals surface area contributed by atoms with Gasteiger partial charge >= 0.3 is 6.18 Å². The summed E-state index contributed by atoms with van der Waals surface area (Å²) in [6.07, 6.45) is -4.24. The number of carbonyl (C=O) groups excluding carboxylic acids is 4. The molecule has 2 aromatic rings. The summed E-state index contributed by atoms with van der Waals surface area (Å²) in [6, 6.07) is 0.872.